The van der Waals surface area contributed by atoms with Crippen LogP contribution in [-0.2, 0) is 18.3 Å². The van der Waals surface area contributed by atoms with Crippen LogP contribution < -0.4 is 10.9 Å². The van der Waals surface area contributed by atoms with Gasteiger partial charge in [-0.15, -0.1) is 0 Å². The molecule has 12 nitrogen and oxygen atoms in total. The number of nitriles is 1. The molecule has 0 aliphatic rings. The normalized spacial score (nSPS) is 12.6. The maximum atomic E-state index is 14.5. The Morgan fingerprint density at radius 1 is 1.33 bits per heavy atom. The zero-order valence-corrected chi connectivity index (χ0v) is 21.7. The van der Waals surface area contributed by atoms with Gasteiger partial charge in [0.2, 0.25) is 5.75 Å². The zero-order valence-electron chi connectivity index (χ0n) is 21.7. The van der Waals surface area contributed by atoms with Crippen LogP contribution in [0.1, 0.15) is 57.5 Å². The summed E-state index contributed by atoms with van der Waals surface area (Å²) in [6.45, 7) is 4.44. The Labute approximate surface area is 222 Å². The predicted molar refractivity (Wildman–Crippen MR) is 136 cm³/mol. The smallest absolute Gasteiger partial charge is 0.296 e. The van der Waals surface area contributed by atoms with E-state index in [0.29, 0.717) is 24.3 Å². The van der Waals surface area contributed by atoms with Gasteiger partial charge >= 0.3 is 0 Å². The molecule has 202 valence electrons. The number of anilines is 1. The van der Waals surface area contributed by atoms with Crippen molar-refractivity contribution in [1.29, 1.82) is 5.26 Å². The standard InChI is InChI=1S/C26H26FN7O5/c1-14(24-32-22(23(35)26(37)33(24)3)25(36)31-18-11-30-39-13-18)21(19-9-17(27)6-5-16(19)10-28)20-12-29-34(15(20)2)7-8-38-4/h5-6,9,11-14,21,35H,7-8H2,1-4H3,(H,31,36)/t14-,21+/m1/s1. The second-order valence-electron chi connectivity index (χ2n) is 8.91. The number of benzene rings is 1. The topological polar surface area (TPSA) is 161 Å². The molecule has 2 N–H and O–H groups in total. The molecule has 0 fully saturated rings. The van der Waals surface area contributed by atoms with Crippen molar-refractivity contribution in [3.8, 4) is 11.8 Å². The third-order valence-electron chi connectivity index (χ3n) is 6.57. The van der Waals surface area contributed by atoms with E-state index in [4.69, 9.17) is 9.26 Å². The van der Waals surface area contributed by atoms with Gasteiger partial charge in [-0.3, -0.25) is 18.8 Å². The molecule has 0 unspecified atom stereocenters. The number of carbonyl (C=O) groups is 1. The maximum Gasteiger partial charge on any atom is 0.296 e. The quantitative estimate of drug-likeness (QED) is 0.328. The number of methoxy groups -OCH3 is 1. The van der Waals surface area contributed by atoms with E-state index in [9.17, 15) is 24.3 Å². The number of nitrogens with one attached hydrogen (secondary N) is 1. The lowest BCUT2D eigenvalue weighted by Gasteiger charge is -2.27. The highest BCUT2D eigenvalue weighted by Gasteiger charge is 2.33. The lowest BCUT2D eigenvalue weighted by molar-refractivity contribution is 0.101. The Morgan fingerprint density at radius 2 is 2.10 bits per heavy atom. The number of carbonyl (C=O) groups excluding carboxylic acids is 1. The highest BCUT2D eigenvalue weighted by molar-refractivity contribution is 6.04. The van der Waals surface area contributed by atoms with Gasteiger partial charge in [-0.25, -0.2) is 9.37 Å². The molecular weight excluding hydrogens is 509 g/mol. The first-order valence-corrected chi connectivity index (χ1v) is 11.9. The van der Waals surface area contributed by atoms with Crippen LogP contribution in [0.3, 0.4) is 0 Å². The zero-order chi connectivity index (χ0) is 28.3. The lowest BCUT2D eigenvalue weighted by atomic mass is 9.79. The van der Waals surface area contributed by atoms with Gasteiger partial charge in [0.1, 0.15) is 23.6 Å². The molecule has 0 aliphatic heterocycles. The molecule has 0 saturated carbocycles. The minimum absolute atomic E-state index is 0.121. The van der Waals surface area contributed by atoms with Gasteiger partial charge in [-0.05, 0) is 30.7 Å². The number of rotatable bonds is 9. The number of hydrogen-bond donors (Lipinski definition) is 2. The fourth-order valence-corrected chi connectivity index (χ4v) is 4.55. The van der Waals surface area contributed by atoms with Gasteiger partial charge in [-0.1, -0.05) is 12.1 Å². The third kappa shape index (κ3) is 5.27. The second kappa shape index (κ2) is 11.3. The molecule has 0 aliphatic carbocycles. The molecule has 1 aromatic carbocycles. The van der Waals surface area contributed by atoms with Gasteiger partial charge in [-0.2, -0.15) is 10.4 Å². The minimum Gasteiger partial charge on any atom is -0.501 e. The molecule has 3 heterocycles. The monoisotopic (exact) mass is 535 g/mol. The van der Waals surface area contributed by atoms with E-state index in [1.807, 2.05) is 6.92 Å². The van der Waals surface area contributed by atoms with E-state index < -0.39 is 40.6 Å². The number of halogens is 1. The number of aromatic hydroxyl groups is 1. The molecule has 39 heavy (non-hydrogen) atoms. The Kier molecular flexibility index (Phi) is 7.87. The molecule has 4 rings (SSSR count). The van der Waals surface area contributed by atoms with Crippen LogP contribution in [0.2, 0.25) is 0 Å². The van der Waals surface area contributed by atoms with E-state index >= 15 is 0 Å². The van der Waals surface area contributed by atoms with E-state index in [1.54, 1.807) is 24.9 Å². The van der Waals surface area contributed by atoms with Crippen molar-refractivity contribution in [1.82, 2.24) is 24.5 Å². The highest BCUT2D eigenvalue weighted by Crippen LogP contribution is 2.40. The van der Waals surface area contributed by atoms with Crippen LogP contribution in [0.4, 0.5) is 10.1 Å². The summed E-state index contributed by atoms with van der Waals surface area (Å²) in [5, 5.41) is 30.7. The number of aromatic nitrogens is 5. The first-order valence-electron chi connectivity index (χ1n) is 11.9. The van der Waals surface area contributed by atoms with Crippen molar-refractivity contribution in [2.45, 2.75) is 32.2 Å². The molecule has 1 amide bonds. The Balaban J connectivity index is 1.89. The van der Waals surface area contributed by atoms with Gasteiger partial charge in [0.25, 0.3) is 11.5 Å². The summed E-state index contributed by atoms with van der Waals surface area (Å²) in [5.41, 5.74) is 0.834. The van der Waals surface area contributed by atoms with Crippen molar-refractivity contribution < 1.29 is 23.6 Å². The third-order valence-corrected chi connectivity index (χ3v) is 6.57. The minimum atomic E-state index is -0.856. The van der Waals surface area contributed by atoms with Crippen molar-refractivity contribution >= 4 is 11.6 Å². The molecule has 0 saturated heterocycles. The van der Waals surface area contributed by atoms with Crippen LogP contribution in [0.5, 0.6) is 5.75 Å². The lowest BCUT2D eigenvalue weighted by Crippen LogP contribution is -2.29. The molecule has 0 radical (unpaired) electrons. The summed E-state index contributed by atoms with van der Waals surface area (Å²) < 4.78 is 27.2. The van der Waals surface area contributed by atoms with E-state index in [2.05, 4.69) is 26.6 Å². The fourth-order valence-electron chi connectivity index (χ4n) is 4.55. The summed E-state index contributed by atoms with van der Waals surface area (Å²) in [4.78, 5) is 30.3. The molecule has 0 bridgehead atoms. The van der Waals surface area contributed by atoms with Crippen molar-refractivity contribution in [3.63, 3.8) is 0 Å². The van der Waals surface area contributed by atoms with Gasteiger partial charge in [0.05, 0.1) is 37.2 Å². The van der Waals surface area contributed by atoms with Gasteiger partial charge in [0, 0.05) is 37.3 Å². The summed E-state index contributed by atoms with van der Waals surface area (Å²) in [7, 11) is 2.98. The summed E-state index contributed by atoms with van der Waals surface area (Å²) in [6.07, 6.45) is 4.04. The SMILES string of the molecule is COCCn1ncc([C@H](c2cc(F)ccc2C#N)[C@@H](C)c2nc(C(=O)Nc3cnoc3)c(O)c(=O)n2C)c1C. The molecule has 3 aromatic heterocycles. The van der Waals surface area contributed by atoms with Crippen LogP contribution in [0.25, 0.3) is 0 Å². The van der Waals surface area contributed by atoms with E-state index in [-0.39, 0.29) is 17.1 Å². The van der Waals surface area contributed by atoms with Crippen LogP contribution >= 0.6 is 0 Å². The Bertz CT molecular complexity index is 1600. The van der Waals surface area contributed by atoms with Gasteiger partial charge in [0.15, 0.2) is 5.69 Å². The van der Waals surface area contributed by atoms with E-state index in [0.717, 1.165) is 10.3 Å². The van der Waals surface area contributed by atoms with Crippen LogP contribution in [0, 0.1) is 24.1 Å². The first-order chi connectivity index (χ1) is 18.7. The maximum absolute atomic E-state index is 14.5. The molecular formula is C26H26FN7O5. The summed E-state index contributed by atoms with van der Waals surface area (Å²) in [6, 6.07) is 5.96. The summed E-state index contributed by atoms with van der Waals surface area (Å²) in [5.74, 6) is -3.53. The molecule has 2 atom stereocenters. The van der Waals surface area contributed by atoms with Crippen molar-refractivity contribution in [2.24, 2.45) is 7.05 Å². The van der Waals surface area contributed by atoms with Crippen molar-refractivity contribution in [3.05, 3.63) is 86.9 Å². The number of hydrogen-bond acceptors (Lipinski definition) is 9. The second-order valence-corrected chi connectivity index (χ2v) is 8.91. The number of ether oxygens (including phenoxy) is 1. The summed E-state index contributed by atoms with van der Waals surface area (Å²) >= 11 is 0. The molecule has 13 heteroatoms. The molecule has 0 spiro atoms. The van der Waals surface area contributed by atoms with Crippen LogP contribution in [0.15, 0.2) is 46.2 Å². The fraction of sp³-hybridized carbons (Fsp3) is 0.308. The number of amides is 1. The Hall–Kier alpha value is -4.83. The average molecular weight is 536 g/mol. The Morgan fingerprint density at radius 3 is 2.77 bits per heavy atom. The average Bonchev–Trinajstić information content (AvgIpc) is 3.56. The first kappa shape index (κ1) is 27.2. The predicted octanol–water partition coefficient (Wildman–Crippen LogP) is 2.82. The largest absolute Gasteiger partial charge is 0.501 e. The van der Waals surface area contributed by atoms with Gasteiger partial charge < -0.3 is 19.7 Å². The molecule has 4 aromatic rings. The number of nitrogens with zero attached hydrogens (tertiary/aromatic N) is 6. The van der Waals surface area contributed by atoms with Crippen molar-refractivity contribution in [2.75, 3.05) is 19.0 Å². The van der Waals surface area contributed by atoms with E-state index in [1.165, 1.54) is 37.7 Å². The van der Waals surface area contributed by atoms with Crippen LogP contribution in [-0.4, -0.2) is 49.2 Å². The highest BCUT2D eigenvalue weighted by atomic mass is 19.1.